The first-order valence-electron chi connectivity index (χ1n) is 5.41. The Kier molecular flexibility index (Phi) is 4.50. The minimum atomic E-state index is -0.527. The Hall–Kier alpha value is 0.200. The first-order chi connectivity index (χ1) is 7.66. The van der Waals surface area contributed by atoms with E-state index in [1.807, 2.05) is 0 Å². The first kappa shape index (κ1) is 12.7. The van der Waals surface area contributed by atoms with Crippen molar-refractivity contribution in [3.63, 3.8) is 0 Å². The molecule has 1 N–H and O–H groups in total. The van der Waals surface area contributed by atoms with E-state index in [2.05, 4.69) is 0 Å². The van der Waals surface area contributed by atoms with Crippen LogP contribution in [-0.2, 0) is 4.74 Å². The largest absolute Gasteiger partial charge is 0.388 e. The minimum Gasteiger partial charge on any atom is -0.388 e. The molecule has 2 atom stereocenters. The smallest absolute Gasteiger partial charge is 0.100 e. The lowest BCUT2D eigenvalue weighted by molar-refractivity contribution is 0.0813. The lowest BCUT2D eigenvalue weighted by Crippen LogP contribution is -2.07. The fraction of sp³-hybridized carbons (Fsp3) is 0.636. The van der Waals surface area contributed by atoms with Gasteiger partial charge in [-0.15, -0.1) is 11.3 Å². The monoisotopic (exact) mass is 280 g/mol. The Bertz CT molecular complexity index is 348. The summed E-state index contributed by atoms with van der Waals surface area (Å²) < 4.78 is 6.72. The molecule has 0 spiro atoms. The minimum absolute atomic E-state index is 0.308. The zero-order valence-electron chi connectivity index (χ0n) is 8.79. The number of thiophene rings is 1. The van der Waals surface area contributed by atoms with Crippen LogP contribution in [0.3, 0.4) is 0 Å². The van der Waals surface area contributed by atoms with E-state index in [4.69, 9.17) is 27.9 Å². The average molecular weight is 281 g/mol. The summed E-state index contributed by atoms with van der Waals surface area (Å²) in [4.78, 5) is 0. The molecule has 16 heavy (non-hydrogen) atoms. The molecule has 90 valence electrons. The van der Waals surface area contributed by atoms with Crippen LogP contribution in [0.2, 0.25) is 8.67 Å². The maximum absolute atomic E-state index is 9.98. The van der Waals surface area contributed by atoms with E-state index in [1.54, 1.807) is 6.07 Å². The van der Waals surface area contributed by atoms with Crippen molar-refractivity contribution in [2.24, 2.45) is 0 Å². The summed E-state index contributed by atoms with van der Waals surface area (Å²) in [6.07, 6.45) is 3.57. The van der Waals surface area contributed by atoms with Crippen molar-refractivity contribution in [2.75, 3.05) is 6.61 Å². The van der Waals surface area contributed by atoms with Gasteiger partial charge in [-0.25, -0.2) is 0 Å². The number of hydrogen-bond acceptors (Lipinski definition) is 3. The van der Waals surface area contributed by atoms with Crippen LogP contribution in [0.4, 0.5) is 0 Å². The third-order valence-electron chi connectivity index (χ3n) is 2.83. The van der Waals surface area contributed by atoms with Crippen molar-refractivity contribution in [3.8, 4) is 0 Å². The van der Waals surface area contributed by atoms with Crippen molar-refractivity contribution in [1.82, 2.24) is 0 Å². The lowest BCUT2D eigenvalue weighted by Gasteiger charge is -2.13. The number of halogens is 2. The Morgan fingerprint density at radius 2 is 2.38 bits per heavy atom. The fourth-order valence-corrected chi connectivity index (χ4v) is 3.52. The van der Waals surface area contributed by atoms with Gasteiger partial charge < -0.3 is 9.84 Å². The second-order valence-corrected chi connectivity index (χ2v) is 6.29. The van der Waals surface area contributed by atoms with Gasteiger partial charge in [-0.1, -0.05) is 23.2 Å². The summed E-state index contributed by atoms with van der Waals surface area (Å²) in [5, 5.41) is 9.98. The second-order valence-electron chi connectivity index (χ2n) is 4.01. The van der Waals surface area contributed by atoms with Gasteiger partial charge in [0.2, 0.25) is 0 Å². The molecule has 0 aromatic carbocycles. The molecule has 1 aromatic heterocycles. The van der Waals surface area contributed by atoms with Crippen LogP contribution in [0.15, 0.2) is 6.07 Å². The Balaban J connectivity index is 1.87. The number of ether oxygens (including phenoxy) is 1. The molecule has 2 unspecified atom stereocenters. The Morgan fingerprint density at radius 3 is 2.94 bits per heavy atom. The molecule has 5 heteroatoms. The van der Waals surface area contributed by atoms with E-state index in [-0.39, 0.29) is 0 Å². The third kappa shape index (κ3) is 3.11. The van der Waals surface area contributed by atoms with Crippen molar-refractivity contribution < 1.29 is 9.84 Å². The summed E-state index contributed by atoms with van der Waals surface area (Å²) >= 11 is 13.1. The standard InChI is InChI=1S/C11H14Cl2O2S/c12-10-6-8(11(13)16-10)9(14)4-3-7-2-1-5-15-7/h6-7,9,14H,1-5H2. The topological polar surface area (TPSA) is 29.5 Å². The molecule has 2 heterocycles. The van der Waals surface area contributed by atoms with Crippen LogP contribution in [0.25, 0.3) is 0 Å². The first-order valence-corrected chi connectivity index (χ1v) is 6.98. The van der Waals surface area contributed by atoms with Crippen molar-refractivity contribution in [1.29, 1.82) is 0 Å². The van der Waals surface area contributed by atoms with Gasteiger partial charge in [-0.05, 0) is 31.7 Å². The molecule has 1 fully saturated rings. The molecule has 0 bridgehead atoms. The van der Waals surface area contributed by atoms with E-state index in [9.17, 15) is 5.11 Å². The molecule has 1 saturated heterocycles. The Labute approximate surface area is 109 Å². The predicted octanol–water partition coefficient (Wildman–Crippen LogP) is 4.05. The second kappa shape index (κ2) is 5.69. The van der Waals surface area contributed by atoms with Gasteiger partial charge >= 0.3 is 0 Å². The van der Waals surface area contributed by atoms with E-state index < -0.39 is 6.10 Å². The summed E-state index contributed by atoms with van der Waals surface area (Å²) in [7, 11) is 0. The molecule has 0 amide bonds. The SMILES string of the molecule is OC(CCC1CCCO1)c1cc(Cl)sc1Cl. The van der Waals surface area contributed by atoms with E-state index in [1.165, 1.54) is 11.3 Å². The molecule has 2 rings (SSSR count). The van der Waals surface area contributed by atoms with E-state index in [0.717, 1.165) is 31.4 Å². The Morgan fingerprint density at radius 1 is 1.56 bits per heavy atom. The number of aliphatic hydroxyl groups is 1. The molecule has 0 radical (unpaired) electrons. The average Bonchev–Trinajstić information content (AvgIpc) is 2.84. The van der Waals surface area contributed by atoms with Gasteiger partial charge in [0.25, 0.3) is 0 Å². The fourth-order valence-electron chi connectivity index (χ4n) is 1.95. The molecule has 1 aliphatic heterocycles. The molecule has 1 aliphatic rings. The van der Waals surface area contributed by atoms with E-state index >= 15 is 0 Å². The highest BCUT2D eigenvalue weighted by atomic mass is 35.5. The van der Waals surface area contributed by atoms with Crippen molar-refractivity contribution >= 4 is 34.5 Å². The highest BCUT2D eigenvalue weighted by Gasteiger charge is 2.20. The lowest BCUT2D eigenvalue weighted by atomic mass is 10.0. The quantitative estimate of drug-likeness (QED) is 0.902. The molecular weight excluding hydrogens is 267 g/mol. The summed E-state index contributed by atoms with van der Waals surface area (Å²) in [5.74, 6) is 0. The van der Waals surface area contributed by atoms with Crippen molar-refractivity contribution in [3.05, 3.63) is 20.3 Å². The van der Waals surface area contributed by atoms with Gasteiger partial charge in [0, 0.05) is 12.2 Å². The highest BCUT2D eigenvalue weighted by Crippen LogP contribution is 2.36. The van der Waals surface area contributed by atoms with Gasteiger partial charge in [0.05, 0.1) is 16.5 Å². The summed E-state index contributed by atoms with van der Waals surface area (Å²) in [6, 6.07) is 1.74. The molecule has 1 aromatic rings. The van der Waals surface area contributed by atoms with Crippen LogP contribution < -0.4 is 0 Å². The van der Waals surface area contributed by atoms with Crippen LogP contribution in [0.5, 0.6) is 0 Å². The molecule has 0 saturated carbocycles. The van der Waals surface area contributed by atoms with E-state index in [0.29, 0.717) is 21.2 Å². The van der Waals surface area contributed by atoms with Crippen LogP contribution in [0, 0.1) is 0 Å². The number of hydrogen-bond donors (Lipinski definition) is 1. The number of rotatable bonds is 4. The molecular formula is C11H14Cl2O2S. The van der Waals surface area contributed by atoms with Crippen LogP contribution >= 0.6 is 34.5 Å². The summed E-state index contributed by atoms with van der Waals surface area (Å²) in [5.41, 5.74) is 0.745. The zero-order chi connectivity index (χ0) is 11.5. The van der Waals surface area contributed by atoms with Crippen molar-refractivity contribution in [2.45, 2.75) is 37.9 Å². The maximum atomic E-state index is 9.98. The molecule has 2 nitrogen and oxygen atoms in total. The van der Waals surface area contributed by atoms with Gasteiger partial charge in [0.15, 0.2) is 0 Å². The maximum Gasteiger partial charge on any atom is 0.100 e. The highest BCUT2D eigenvalue weighted by molar-refractivity contribution is 7.20. The molecule has 0 aliphatic carbocycles. The third-order valence-corrected chi connectivity index (χ3v) is 4.35. The van der Waals surface area contributed by atoms with Gasteiger partial charge in [0.1, 0.15) is 4.34 Å². The zero-order valence-corrected chi connectivity index (χ0v) is 11.1. The van der Waals surface area contributed by atoms with Gasteiger partial charge in [-0.2, -0.15) is 0 Å². The van der Waals surface area contributed by atoms with Crippen LogP contribution in [-0.4, -0.2) is 17.8 Å². The summed E-state index contributed by atoms with van der Waals surface area (Å²) in [6.45, 7) is 0.853. The predicted molar refractivity (Wildman–Crippen MR) is 67.5 cm³/mol. The van der Waals surface area contributed by atoms with Gasteiger partial charge in [-0.3, -0.25) is 0 Å². The van der Waals surface area contributed by atoms with Crippen LogP contribution in [0.1, 0.15) is 37.4 Å². The normalized spacial score (nSPS) is 22.6. The number of aliphatic hydroxyl groups excluding tert-OH is 1.